The summed E-state index contributed by atoms with van der Waals surface area (Å²) in [4.78, 5) is 14.9. The van der Waals surface area contributed by atoms with Crippen LogP contribution in [0.5, 0.6) is 0 Å². The molecule has 3 heteroatoms. The molecule has 0 atom stereocenters. The van der Waals surface area contributed by atoms with Gasteiger partial charge >= 0.3 is 0 Å². The minimum Gasteiger partial charge on any atom is -0.384 e. The van der Waals surface area contributed by atoms with Crippen molar-refractivity contribution in [2.45, 2.75) is 44.9 Å². The van der Waals surface area contributed by atoms with Crippen LogP contribution in [0.3, 0.4) is 0 Å². The van der Waals surface area contributed by atoms with Crippen LogP contribution in [0.2, 0.25) is 0 Å². The Kier molecular flexibility index (Phi) is 4.24. The van der Waals surface area contributed by atoms with E-state index in [1.165, 1.54) is 24.8 Å². The molecule has 1 fully saturated rings. The van der Waals surface area contributed by atoms with Crippen LogP contribution in [0.1, 0.15) is 54.4 Å². The van der Waals surface area contributed by atoms with Gasteiger partial charge in [-0.1, -0.05) is 31.4 Å². The fourth-order valence-electron chi connectivity index (χ4n) is 3.31. The smallest absolute Gasteiger partial charge is 0.255 e. The van der Waals surface area contributed by atoms with Gasteiger partial charge in [0.15, 0.2) is 0 Å². The molecule has 1 saturated heterocycles. The lowest BCUT2D eigenvalue weighted by atomic mass is 9.98. The molecule has 108 valence electrons. The highest BCUT2D eigenvalue weighted by molar-refractivity contribution is 6.00. The SMILES string of the molecule is O=C(c1cccc2c1NCCC2)N1CCCCCCC1. The van der Waals surface area contributed by atoms with Crippen molar-refractivity contribution in [3.63, 3.8) is 0 Å². The first kappa shape index (κ1) is 13.5. The largest absolute Gasteiger partial charge is 0.384 e. The second-order valence-electron chi connectivity index (χ2n) is 5.93. The van der Waals surface area contributed by atoms with Crippen molar-refractivity contribution in [3.8, 4) is 0 Å². The lowest BCUT2D eigenvalue weighted by molar-refractivity contribution is 0.0743. The van der Waals surface area contributed by atoms with Gasteiger partial charge in [-0.2, -0.15) is 0 Å². The molecule has 0 unspecified atom stereocenters. The van der Waals surface area contributed by atoms with Crippen molar-refractivity contribution in [1.82, 2.24) is 4.90 Å². The maximum atomic E-state index is 12.8. The van der Waals surface area contributed by atoms with E-state index in [9.17, 15) is 4.79 Å². The van der Waals surface area contributed by atoms with Crippen molar-refractivity contribution < 1.29 is 4.79 Å². The van der Waals surface area contributed by atoms with Crippen molar-refractivity contribution in [3.05, 3.63) is 29.3 Å². The average molecular weight is 272 g/mol. The molecule has 0 spiro atoms. The number of rotatable bonds is 1. The van der Waals surface area contributed by atoms with Crippen LogP contribution in [-0.4, -0.2) is 30.4 Å². The molecule has 20 heavy (non-hydrogen) atoms. The van der Waals surface area contributed by atoms with E-state index in [4.69, 9.17) is 0 Å². The Labute approximate surface area is 121 Å². The van der Waals surface area contributed by atoms with Gasteiger partial charge < -0.3 is 10.2 Å². The molecule has 0 aromatic heterocycles. The number of benzene rings is 1. The van der Waals surface area contributed by atoms with E-state index in [0.29, 0.717) is 0 Å². The standard InChI is InChI=1S/C17H24N2O/c20-17(19-12-4-2-1-3-5-13-19)15-10-6-8-14-9-7-11-18-16(14)15/h6,8,10,18H,1-5,7,9,11-13H2. The maximum absolute atomic E-state index is 12.8. The van der Waals surface area contributed by atoms with E-state index in [2.05, 4.69) is 16.3 Å². The van der Waals surface area contributed by atoms with Gasteiger partial charge in [0.2, 0.25) is 0 Å². The van der Waals surface area contributed by atoms with Gasteiger partial charge in [0.25, 0.3) is 5.91 Å². The number of anilines is 1. The number of para-hydroxylation sites is 1. The maximum Gasteiger partial charge on any atom is 0.255 e. The Balaban J connectivity index is 1.82. The number of carbonyl (C=O) groups is 1. The van der Waals surface area contributed by atoms with Gasteiger partial charge in [-0.3, -0.25) is 4.79 Å². The molecule has 1 aromatic carbocycles. The summed E-state index contributed by atoms with van der Waals surface area (Å²) in [5.41, 5.74) is 3.27. The highest BCUT2D eigenvalue weighted by Gasteiger charge is 2.22. The second-order valence-corrected chi connectivity index (χ2v) is 5.93. The molecular formula is C17H24N2O. The third-order valence-electron chi connectivity index (χ3n) is 4.45. The monoisotopic (exact) mass is 272 g/mol. The number of hydrogen-bond donors (Lipinski definition) is 1. The molecule has 2 heterocycles. The molecule has 1 aromatic rings. The molecule has 1 amide bonds. The zero-order valence-electron chi connectivity index (χ0n) is 12.2. The molecule has 1 N–H and O–H groups in total. The van der Waals surface area contributed by atoms with E-state index >= 15 is 0 Å². The molecule has 0 aliphatic carbocycles. The van der Waals surface area contributed by atoms with Crippen LogP contribution in [0, 0.1) is 0 Å². The zero-order chi connectivity index (χ0) is 13.8. The fourth-order valence-corrected chi connectivity index (χ4v) is 3.31. The molecule has 2 aliphatic heterocycles. The first-order valence-corrected chi connectivity index (χ1v) is 8.01. The van der Waals surface area contributed by atoms with E-state index in [1.54, 1.807) is 0 Å². The summed E-state index contributed by atoms with van der Waals surface area (Å²) in [5, 5.41) is 3.43. The number of hydrogen-bond acceptors (Lipinski definition) is 2. The minimum atomic E-state index is 0.221. The average Bonchev–Trinajstić information content (AvgIpc) is 2.46. The van der Waals surface area contributed by atoms with Crippen LogP contribution in [0.4, 0.5) is 5.69 Å². The van der Waals surface area contributed by atoms with Crippen molar-refractivity contribution in [1.29, 1.82) is 0 Å². The van der Waals surface area contributed by atoms with Crippen LogP contribution in [-0.2, 0) is 6.42 Å². The predicted octanol–water partition coefficient (Wildman–Crippen LogP) is 3.45. The second kappa shape index (κ2) is 6.29. The van der Waals surface area contributed by atoms with Crippen molar-refractivity contribution in [2.75, 3.05) is 25.0 Å². The molecule has 0 radical (unpaired) electrons. The number of nitrogens with one attached hydrogen (secondary N) is 1. The zero-order valence-corrected chi connectivity index (χ0v) is 12.2. The number of likely N-dealkylation sites (tertiary alicyclic amines) is 1. The van der Waals surface area contributed by atoms with Crippen LogP contribution in [0.25, 0.3) is 0 Å². The highest BCUT2D eigenvalue weighted by Crippen LogP contribution is 2.27. The number of amides is 1. The topological polar surface area (TPSA) is 32.3 Å². The summed E-state index contributed by atoms with van der Waals surface area (Å²) in [5.74, 6) is 0.221. The lowest BCUT2D eigenvalue weighted by Crippen LogP contribution is -2.34. The van der Waals surface area contributed by atoms with Gasteiger partial charge in [0.05, 0.1) is 11.3 Å². The van der Waals surface area contributed by atoms with Crippen molar-refractivity contribution in [2.24, 2.45) is 0 Å². The summed E-state index contributed by atoms with van der Waals surface area (Å²) < 4.78 is 0. The predicted molar refractivity (Wildman–Crippen MR) is 82.2 cm³/mol. The van der Waals surface area contributed by atoms with Gasteiger partial charge in [0.1, 0.15) is 0 Å². The Morgan fingerprint density at radius 2 is 1.75 bits per heavy atom. The molecular weight excluding hydrogens is 248 g/mol. The summed E-state index contributed by atoms with van der Waals surface area (Å²) in [6.45, 7) is 2.82. The van der Waals surface area contributed by atoms with E-state index in [-0.39, 0.29) is 5.91 Å². The summed E-state index contributed by atoms with van der Waals surface area (Å²) in [6, 6.07) is 6.16. The van der Waals surface area contributed by atoms with E-state index in [1.807, 2.05) is 12.1 Å². The van der Waals surface area contributed by atoms with E-state index in [0.717, 1.165) is 56.6 Å². The van der Waals surface area contributed by atoms with Gasteiger partial charge in [0, 0.05) is 19.6 Å². The number of nitrogens with zero attached hydrogens (tertiary/aromatic N) is 1. The van der Waals surface area contributed by atoms with E-state index < -0.39 is 0 Å². The first-order valence-electron chi connectivity index (χ1n) is 8.01. The molecule has 2 aliphatic rings. The fraction of sp³-hybridized carbons (Fsp3) is 0.588. The van der Waals surface area contributed by atoms with Crippen molar-refractivity contribution >= 4 is 11.6 Å². The van der Waals surface area contributed by atoms with Crippen LogP contribution >= 0.6 is 0 Å². The lowest BCUT2D eigenvalue weighted by Gasteiger charge is -2.27. The first-order chi connectivity index (χ1) is 9.86. The van der Waals surface area contributed by atoms with Gasteiger partial charge in [-0.15, -0.1) is 0 Å². The Morgan fingerprint density at radius 1 is 1.00 bits per heavy atom. The third-order valence-corrected chi connectivity index (χ3v) is 4.45. The Bertz CT molecular complexity index is 476. The van der Waals surface area contributed by atoms with Crippen LogP contribution in [0.15, 0.2) is 18.2 Å². The summed E-state index contributed by atoms with van der Waals surface area (Å²) in [7, 11) is 0. The highest BCUT2D eigenvalue weighted by atomic mass is 16.2. The number of carbonyl (C=O) groups excluding carboxylic acids is 1. The summed E-state index contributed by atoms with van der Waals surface area (Å²) in [6.07, 6.45) is 8.38. The molecule has 3 nitrogen and oxygen atoms in total. The Hall–Kier alpha value is -1.51. The molecule has 3 rings (SSSR count). The Morgan fingerprint density at radius 3 is 2.55 bits per heavy atom. The quantitative estimate of drug-likeness (QED) is 0.849. The normalized spacial score (nSPS) is 19.5. The van der Waals surface area contributed by atoms with Crippen LogP contribution < -0.4 is 5.32 Å². The third kappa shape index (κ3) is 2.82. The minimum absolute atomic E-state index is 0.221. The number of fused-ring (bicyclic) bond motifs is 1. The summed E-state index contributed by atoms with van der Waals surface area (Å²) >= 11 is 0. The molecule has 0 saturated carbocycles. The number of aryl methyl sites for hydroxylation is 1. The van der Waals surface area contributed by atoms with Gasteiger partial charge in [-0.05, 0) is 37.3 Å². The molecule has 0 bridgehead atoms. The van der Waals surface area contributed by atoms with Gasteiger partial charge in [-0.25, -0.2) is 0 Å².